The molecule has 0 saturated heterocycles. The van der Waals surface area contributed by atoms with Crippen LogP contribution in [0.25, 0.3) is 21.1 Å². The van der Waals surface area contributed by atoms with Gasteiger partial charge in [0.1, 0.15) is 11.3 Å². The van der Waals surface area contributed by atoms with Gasteiger partial charge in [-0.1, -0.05) is 18.2 Å². The molecule has 6 heteroatoms. The van der Waals surface area contributed by atoms with Crippen LogP contribution in [0.4, 0.5) is 4.39 Å². The van der Waals surface area contributed by atoms with Crippen LogP contribution >= 0.6 is 11.3 Å². The minimum atomic E-state index is -0.334. The van der Waals surface area contributed by atoms with E-state index in [0.29, 0.717) is 11.1 Å². The Hall–Kier alpha value is -2.47. The quantitative estimate of drug-likeness (QED) is 0.618. The van der Waals surface area contributed by atoms with Crippen molar-refractivity contribution in [3.05, 3.63) is 63.6 Å². The third-order valence-electron chi connectivity index (χ3n) is 3.49. The van der Waals surface area contributed by atoms with Crippen LogP contribution in [0.2, 0.25) is 0 Å². The number of halogens is 1. The van der Waals surface area contributed by atoms with Crippen molar-refractivity contribution in [3.63, 3.8) is 0 Å². The first-order valence-electron chi connectivity index (χ1n) is 6.42. The zero-order valence-electron chi connectivity index (χ0n) is 10.8. The molecule has 0 aliphatic rings. The summed E-state index contributed by atoms with van der Waals surface area (Å²) in [7, 11) is 0. The second kappa shape index (κ2) is 4.53. The number of hydrogen-bond acceptors (Lipinski definition) is 3. The number of fused-ring (bicyclic) bond motifs is 3. The minimum Gasteiger partial charge on any atom is -0.349 e. The first-order chi connectivity index (χ1) is 10.2. The highest BCUT2D eigenvalue weighted by Crippen LogP contribution is 2.27. The summed E-state index contributed by atoms with van der Waals surface area (Å²) in [6, 6.07) is 8.33. The maximum atomic E-state index is 13.7. The number of hydrogen-bond donors (Lipinski definition) is 1. The molecule has 1 N–H and O–H groups in total. The predicted molar refractivity (Wildman–Crippen MR) is 81.2 cm³/mol. The maximum absolute atomic E-state index is 13.7. The van der Waals surface area contributed by atoms with E-state index < -0.39 is 0 Å². The first-order valence-corrected chi connectivity index (χ1v) is 7.30. The molecule has 3 heterocycles. The van der Waals surface area contributed by atoms with Gasteiger partial charge in [0.15, 0.2) is 0 Å². The Morgan fingerprint density at radius 1 is 1.29 bits per heavy atom. The lowest BCUT2D eigenvalue weighted by atomic mass is 10.2. The van der Waals surface area contributed by atoms with Gasteiger partial charge >= 0.3 is 0 Å². The van der Waals surface area contributed by atoms with Crippen LogP contribution in [0.5, 0.6) is 0 Å². The molecule has 21 heavy (non-hydrogen) atoms. The van der Waals surface area contributed by atoms with Gasteiger partial charge in [-0.25, -0.2) is 9.07 Å². The van der Waals surface area contributed by atoms with Crippen molar-refractivity contribution in [1.82, 2.24) is 14.8 Å². The second-order valence-corrected chi connectivity index (χ2v) is 5.69. The normalized spacial score (nSPS) is 11.5. The number of nitrogens with one attached hydrogen (secondary N) is 1. The van der Waals surface area contributed by atoms with Gasteiger partial charge in [0.2, 0.25) is 0 Å². The lowest BCUT2D eigenvalue weighted by Crippen LogP contribution is -2.23. The summed E-state index contributed by atoms with van der Waals surface area (Å²) in [5.41, 5.74) is 1.65. The zero-order chi connectivity index (χ0) is 14.4. The number of aromatic nitrogens is 3. The molecular formula is C15H10FN3OS. The lowest BCUT2D eigenvalue weighted by Gasteiger charge is -2.05. The summed E-state index contributed by atoms with van der Waals surface area (Å²) in [4.78, 5) is 15.6. The highest BCUT2D eigenvalue weighted by Gasteiger charge is 2.12. The third kappa shape index (κ3) is 1.87. The standard InChI is InChI=1S/C15H10FN3OS/c16-11-4-2-1-3-9(11)8-19-15(20)13-10(7-17-19)14-12(18-13)5-6-21-14/h1-7,18H,8H2. The Morgan fingerprint density at radius 2 is 2.14 bits per heavy atom. The summed E-state index contributed by atoms with van der Waals surface area (Å²) >= 11 is 1.57. The van der Waals surface area contributed by atoms with Gasteiger partial charge in [-0.3, -0.25) is 4.79 Å². The molecule has 4 nitrogen and oxygen atoms in total. The van der Waals surface area contributed by atoms with Crippen LogP contribution in [0.15, 0.2) is 46.7 Å². The molecule has 0 aliphatic heterocycles. The van der Waals surface area contributed by atoms with Crippen LogP contribution in [-0.4, -0.2) is 14.8 Å². The van der Waals surface area contributed by atoms with E-state index in [4.69, 9.17) is 0 Å². The monoisotopic (exact) mass is 299 g/mol. The Labute approximate surface area is 122 Å². The number of aromatic amines is 1. The van der Waals surface area contributed by atoms with Crippen molar-refractivity contribution >= 4 is 32.5 Å². The molecule has 3 aromatic heterocycles. The highest BCUT2D eigenvalue weighted by atomic mass is 32.1. The molecule has 0 atom stereocenters. The van der Waals surface area contributed by atoms with Gasteiger partial charge in [-0.2, -0.15) is 5.10 Å². The smallest absolute Gasteiger partial charge is 0.291 e. The fourth-order valence-electron chi connectivity index (χ4n) is 2.43. The van der Waals surface area contributed by atoms with E-state index in [1.54, 1.807) is 35.7 Å². The van der Waals surface area contributed by atoms with Gasteiger partial charge in [-0.15, -0.1) is 11.3 Å². The number of thiophene rings is 1. The van der Waals surface area contributed by atoms with Crippen molar-refractivity contribution in [2.75, 3.05) is 0 Å². The molecular weight excluding hydrogens is 289 g/mol. The van der Waals surface area contributed by atoms with Gasteiger partial charge in [0.25, 0.3) is 5.56 Å². The number of H-pyrrole nitrogens is 1. The topological polar surface area (TPSA) is 50.7 Å². The third-order valence-corrected chi connectivity index (χ3v) is 4.44. The zero-order valence-corrected chi connectivity index (χ0v) is 11.7. The fourth-order valence-corrected chi connectivity index (χ4v) is 3.30. The van der Waals surface area contributed by atoms with Gasteiger partial charge < -0.3 is 4.98 Å². The average Bonchev–Trinajstić information content (AvgIpc) is 3.05. The molecule has 4 rings (SSSR count). The molecule has 0 radical (unpaired) electrons. The van der Waals surface area contributed by atoms with E-state index in [2.05, 4.69) is 10.1 Å². The number of nitrogens with zero attached hydrogens (tertiary/aromatic N) is 2. The van der Waals surface area contributed by atoms with E-state index in [9.17, 15) is 9.18 Å². The largest absolute Gasteiger partial charge is 0.349 e. The van der Waals surface area contributed by atoms with Crippen molar-refractivity contribution < 1.29 is 4.39 Å². The summed E-state index contributed by atoms with van der Waals surface area (Å²) in [6.07, 6.45) is 1.66. The van der Waals surface area contributed by atoms with Gasteiger partial charge in [0, 0.05) is 10.9 Å². The van der Waals surface area contributed by atoms with Gasteiger partial charge in [-0.05, 0) is 17.5 Å². The van der Waals surface area contributed by atoms with E-state index in [1.807, 2.05) is 11.4 Å². The molecule has 0 amide bonds. The van der Waals surface area contributed by atoms with E-state index in [1.165, 1.54) is 10.7 Å². The molecule has 0 unspecified atom stereocenters. The molecule has 4 aromatic rings. The van der Waals surface area contributed by atoms with Crippen molar-refractivity contribution in [3.8, 4) is 0 Å². The van der Waals surface area contributed by atoms with Crippen LogP contribution in [-0.2, 0) is 6.54 Å². The van der Waals surface area contributed by atoms with Crippen molar-refractivity contribution in [2.45, 2.75) is 6.54 Å². The van der Waals surface area contributed by atoms with Crippen LogP contribution < -0.4 is 5.56 Å². The summed E-state index contributed by atoms with van der Waals surface area (Å²) < 4.78 is 16.0. The molecule has 0 fully saturated rings. The molecule has 0 aliphatic carbocycles. The van der Waals surface area contributed by atoms with Crippen molar-refractivity contribution in [2.24, 2.45) is 0 Å². The Balaban J connectivity index is 1.88. The molecule has 104 valence electrons. The van der Waals surface area contributed by atoms with Gasteiger partial charge in [0.05, 0.1) is 23.0 Å². The van der Waals surface area contributed by atoms with E-state index in [0.717, 1.165) is 15.6 Å². The Kier molecular flexibility index (Phi) is 2.65. The van der Waals surface area contributed by atoms with E-state index >= 15 is 0 Å². The SMILES string of the molecule is O=c1c2[nH]c3ccsc3c2cnn1Cc1ccccc1F. The maximum Gasteiger partial charge on any atom is 0.291 e. The minimum absolute atomic E-state index is 0.119. The Morgan fingerprint density at radius 3 is 3.00 bits per heavy atom. The van der Waals surface area contributed by atoms with E-state index in [-0.39, 0.29) is 17.9 Å². The fraction of sp³-hybridized carbons (Fsp3) is 0.0667. The summed E-state index contributed by atoms with van der Waals surface area (Å²) in [6.45, 7) is 0.119. The lowest BCUT2D eigenvalue weighted by molar-refractivity contribution is 0.574. The summed E-state index contributed by atoms with van der Waals surface area (Å²) in [5, 5.41) is 6.95. The molecule has 0 saturated carbocycles. The number of benzene rings is 1. The molecule has 1 aromatic carbocycles. The average molecular weight is 299 g/mol. The second-order valence-electron chi connectivity index (χ2n) is 4.78. The summed E-state index contributed by atoms with van der Waals surface area (Å²) in [5.74, 6) is -0.334. The van der Waals surface area contributed by atoms with Crippen molar-refractivity contribution in [1.29, 1.82) is 0 Å². The predicted octanol–water partition coefficient (Wildman–Crippen LogP) is 3.13. The number of rotatable bonds is 2. The molecule has 0 spiro atoms. The highest BCUT2D eigenvalue weighted by molar-refractivity contribution is 7.18. The van der Waals surface area contributed by atoms with Crippen LogP contribution in [0.1, 0.15) is 5.56 Å². The molecule has 0 bridgehead atoms. The van der Waals surface area contributed by atoms with Crippen LogP contribution in [0.3, 0.4) is 0 Å². The first kappa shape index (κ1) is 12.3. The van der Waals surface area contributed by atoms with Crippen LogP contribution in [0, 0.1) is 5.82 Å². The Bertz CT molecular complexity index is 1010.